The first-order valence-electron chi connectivity index (χ1n) is 5.88. The first-order chi connectivity index (χ1) is 10.1. The highest BCUT2D eigenvalue weighted by molar-refractivity contribution is 7.18. The van der Waals surface area contributed by atoms with Crippen molar-refractivity contribution in [3.63, 3.8) is 0 Å². The molecule has 0 radical (unpaired) electrons. The van der Waals surface area contributed by atoms with Crippen LogP contribution in [0.25, 0.3) is 10.8 Å². The van der Waals surface area contributed by atoms with Crippen LogP contribution in [0.15, 0.2) is 52.8 Å². The molecule has 7 nitrogen and oxygen atoms in total. The van der Waals surface area contributed by atoms with E-state index in [9.17, 15) is 15.2 Å². The molecule has 8 heteroatoms. The number of nitro groups is 1. The maximum absolute atomic E-state index is 10.6. The van der Waals surface area contributed by atoms with Crippen LogP contribution in [0, 0.1) is 10.1 Å². The van der Waals surface area contributed by atoms with Crippen LogP contribution < -0.4 is 0 Å². The molecular formula is C13H8N4O3S. The molecule has 0 amide bonds. The Morgan fingerprint density at radius 3 is 2.62 bits per heavy atom. The van der Waals surface area contributed by atoms with Crippen molar-refractivity contribution < 1.29 is 10.0 Å². The molecule has 0 aliphatic rings. The number of aromatic nitrogens is 1. The Labute approximate surface area is 122 Å². The van der Waals surface area contributed by atoms with E-state index in [4.69, 9.17) is 0 Å². The van der Waals surface area contributed by atoms with Crippen LogP contribution in [-0.4, -0.2) is 15.0 Å². The van der Waals surface area contributed by atoms with Gasteiger partial charge in [0, 0.05) is 10.8 Å². The lowest BCUT2D eigenvalue weighted by Crippen LogP contribution is -1.80. The summed E-state index contributed by atoms with van der Waals surface area (Å²) in [4.78, 5) is 13.9. The average Bonchev–Trinajstić information content (AvgIpc) is 2.96. The van der Waals surface area contributed by atoms with Gasteiger partial charge in [0.2, 0.25) is 5.13 Å². The maximum Gasteiger partial charge on any atom is 0.345 e. The fraction of sp³-hybridized carbons (Fsp3) is 0. The maximum atomic E-state index is 10.6. The average molecular weight is 300 g/mol. The van der Waals surface area contributed by atoms with E-state index in [1.807, 2.05) is 18.2 Å². The highest BCUT2D eigenvalue weighted by Gasteiger charge is 2.11. The van der Waals surface area contributed by atoms with E-state index >= 15 is 0 Å². The van der Waals surface area contributed by atoms with Crippen molar-refractivity contribution in [2.45, 2.75) is 0 Å². The van der Waals surface area contributed by atoms with Crippen molar-refractivity contribution in [1.29, 1.82) is 0 Å². The van der Waals surface area contributed by atoms with Gasteiger partial charge in [0.05, 0.1) is 10.6 Å². The lowest BCUT2D eigenvalue weighted by Gasteiger charge is -2.02. The number of hydrogen-bond acceptors (Lipinski definition) is 7. The standard InChI is InChI=1S/C13H8N4O3S/c18-11-6-5-10(8-3-1-2-4-9(8)11)15-16-13-14-7-12(21-13)17(19)20/h1-7,18H. The minimum absolute atomic E-state index is 0.0838. The summed E-state index contributed by atoms with van der Waals surface area (Å²) in [6.07, 6.45) is 1.15. The molecule has 1 aromatic heterocycles. The van der Waals surface area contributed by atoms with Crippen LogP contribution in [-0.2, 0) is 0 Å². The Bertz CT molecular complexity index is 859. The lowest BCUT2D eigenvalue weighted by atomic mass is 10.1. The van der Waals surface area contributed by atoms with E-state index in [-0.39, 0.29) is 15.9 Å². The topological polar surface area (TPSA) is 101 Å². The molecule has 0 saturated heterocycles. The highest BCUT2D eigenvalue weighted by Crippen LogP contribution is 2.34. The Balaban J connectivity index is 1.99. The number of nitrogens with zero attached hydrogens (tertiary/aromatic N) is 4. The highest BCUT2D eigenvalue weighted by atomic mass is 32.1. The third-order valence-electron chi connectivity index (χ3n) is 2.78. The van der Waals surface area contributed by atoms with Gasteiger partial charge >= 0.3 is 5.00 Å². The molecular weight excluding hydrogens is 292 g/mol. The summed E-state index contributed by atoms with van der Waals surface area (Å²) in [7, 11) is 0. The molecule has 21 heavy (non-hydrogen) atoms. The zero-order valence-electron chi connectivity index (χ0n) is 10.5. The number of aromatic hydroxyl groups is 1. The molecule has 1 N–H and O–H groups in total. The van der Waals surface area contributed by atoms with E-state index in [1.54, 1.807) is 12.1 Å². The number of thiazole rings is 1. The van der Waals surface area contributed by atoms with Crippen molar-refractivity contribution >= 4 is 37.9 Å². The second-order valence-electron chi connectivity index (χ2n) is 4.09. The number of phenolic OH excluding ortho intramolecular Hbond substituents is 1. The van der Waals surface area contributed by atoms with Gasteiger partial charge in [-0.05, 0) is 23.5 Å². The van der Waals surface area contributed by atoms with E-state index in [2.05, 4.69) is 15.2 Å². The van der Waals surface area contributed by atoms with Crippen molar-refractivity contribution in [2.75, 3.05) is 0 Å². The summed E-state index contributed by atoms with van der Waals surface area (Å²) in [6, 6.07) is 10.4. The summed E-state index contributed by atoms with van der Waals surface area (Å²) in [5, 5.41) is 29.9. The number of rotatable bonds is 3. The molecule has 1 heterocycles. The molecule has 104 valence electrons. The third-order valence-corrected chi connectivity index (χ3v) is 3.62. The minimum atomic E-state index is -0.521. The zero-order valence-corrected chi connectivity index (χ0v) is 11.3. The molecule has 3 rings (SSSR count). The SMILES string of the molecule is O=[N+]([O-])c1cnc(N=Nc2ccc(O)c3ccccc23)s1. The largest absolute Gasteiger partial charge is 0.507 e. The van der Waals surface area contributed by atoms with Gasteiger partial charge in [0.15, 0.2) is 0 Å². The van der Waals surface area contributed by atoms with Crippen molar-refractivity contribution in [3.05, 3.63) is 52.7 Å². The molecule has 0 unspecified atom stereocenters. The second kappa shape index (κ2) is 5.25. The van der Waals surface area contributed by atoms with Gasteiger partial charge in [-0.2, -0.15) is 0 Å². The van der Waals surface area contributed by atoms with Crippen LogP contribution in [0.5, 0.6) is 5.75 Å². The van der Waals surface area contributed by atoms with E-state index in [0.29, 0.717) is 11.1 Å². The van der Waals surface area contributed by atoms with Crippen LogP contribution >= 0.6 is 11.3 Å². The Hall–Kier alpha value is -2.87. The van der Waals surface area contributed by atoms with Gasteiger partial charge in [-0.15, -0.1) is 10.2 Å². The summed E-state index contributed by atoms with van der Waals surface area (Å²) in [5.74, 6) is 0.162. The summed E-state index contributed by atoms with van der Waals surface area (Å²) >= 11 is 0.849. The normalized spacial score (nSPS) is 11.2. The van der Waals surface area contributed by atoms with E-state index in [1.165, 1.54) is 6.07 Å². The first kappa shape index (κ1) is 13.1. The first-order valence-corrected chi connectivity index (χ1v) is 6.69. The second-order valence-corrected chi connectivity index (χ2v) is 5.08. The fourth-order valence-electron chi connectivity index (χ4n) is 1.84. The predicted molar refractivity (Wildman–Crippen MR) is 78.6 cm³/mol. The smallest absolute Gasteiger partial charge is 0.345 e. The summed E-state index contributed by atoms with van der Waals surface area (Å²) < 4.78 is 0. The molecule has 0 saturated carbocycles. The zero-order chi connectivity index (χ0) is 14.8. The van der Waals surface area contributed by atoms with Crippen molar-refractivity contribution in [1.82, 2.24) is 4.98 Å². The van der Waals surface area contributed by atoms with E-state index < -0.39 is 4.92 Å². The molecule has 3 aromatic rings. The van der Waals surface area contributed by atoms with Gasteiger partial charge in [-0.1, -0.05) is 24.3 Å². The number of fused-ring (bicyclic) bond motifs is 1. The number of phenols is 1. The molecule has 0 atom stereocenters. The number of azo groups is 1. The number of hydrogen-bond donors (Lipinski definition) is 1. The third kappa shape index (κ3) is 2.56. The summed E-state index contributed by atoms with van der Waals surface area (Å²) in [5.41, 5.74) is 0.557. The molecule has 0 fully saturated rings. The van der Waals surface area contributed by atoms with Crippen LogP contribution in [0.1, 0.15) is 0 Å². The van der Waals surface area contributed by atoms with Crippen LogP contribution in [0.3, 0.4) is 0 Å². The fourth-order valence-corrected chi connectivity index (χ4v) is 2.39. The van der Waals surface area contributed by atoms with Gasteiger partial charge < -0.3 is 5.11 Å². The molecule has 0 aliphatic heterocycles. The Morgan fingerprint density at radius 2 is 1.90 bits per heavy atom. The van der Waals surface area contributed by atoms with Gasteiger partial charge in [-0.25, -0.2) is 4.98 Å². The van der Waals surface area contributed by atoms with Crippen LogP contribution in [0.2, 0.25) is 0 Å². The monoisotopic (exact) mass is 300 g/mol. The van der Waals surface area contributed by atoms with E-state index in [0.717, 1.165) is 22.9 Å². The van der Waals surface area contributed by atoms with Gasteiger partial charge in [0.1, 0.15) is 11.9 Å². The quantitative estimate of drug-likeness (QED) is 0.442. The van der Waals surface area contributed by atoms with Gasteiger partial charge in [0.25, 0.3) is 0 Å². The lowest BCUT2D eigenvalue weighted by molar-refractivity contribution is -0.380. The Morgan fingerprint density at radius 1 is 1.14 bits per heavy atom. The minimum Gasteiger partial charge on any atom is -0.507 e. The molecule has 0 spiro atoms. The molecule has 0 aliphatic carbocycles. The van der Waals surface area contributed by atoms with Gasteiger partial charge in [-0.3, -0.25) is 10.1 Å². The number of benzene rings is 2. The van der Waals surface area contributed by atoms with Crippen LogP contribution in [0.4, 0.5) is 15.8 Å². The van der Waals surface area contributed by atoms with Crippen molar-refractivity contribution in [3.8, 4) is 5.75 Å². The summed E-state index contributed by atoms with van der Waals surface area (Å²) in [6.45, 7) is 0. The molecule has 2 aromatic carbocycles. The van der Waals surface area contributed by atoms with Crippen molar-refractivity contribution in [2.24, 2.45) is 10.2 Å². The Kier molecular flexibility index (Phi) is 3.28. The predicted octanol–water partition coefficient (Wildman–Crippen LogP) is 4.33. The molecule has 0 bridgehead atoms.